The number of hydrogen-bond acceptors (Lipinski definition) is 4. The van der Waals surface area contributed by atoms with Gasteiger partial charge in [-0.15, -0.1) is 11.3 Å². The van der Waals surface area contributed by atoms with Crippen LogP contribution in [0.25, 0.3) is 11.1 Å². The number of thiophene rings is 1. The summed E-state index contributed by atoms with van der Waals surface area (Å²) in [6.45, 7) is 1.83. The molecule has 1 aliphatic carbocycles. The second kappa shape index (κ2) is 7.48. The Morgan fingerprint density at radius 1 is 1.31 bits per heavy atom. The molecule has 0 saturated carbocycles. The zero-order valence-corrected chi connectivity index (χ0v) is 16.5. The van der Waals surface area contributed by atoms with E-state index in [2.05, 4.69) is 0 Å². The van der Waals surface area contributed by atoms with Crippen molar-refractivity contribution in [3.05, 3.63) is 63.3 Å². The largest absolute Gasteiger partial charge is 0.293 e. The number of benzene rings is 1. The Kier molecular flexibility index (Phi) is 5.48. The molecule has 0 amide bonds. The zero-order valence-electron chi connectivity index (χ0n) is 14.1. The fourth-order valence-corrected chi connectivity index (χ4v) is 4.77. The SMILES string of the molecule is CCC(=O)c1sc(C2C=CC(Cl)=CC2)cc1-c1ccc(S(N)(=O)=O)cc1. The summed E-state index contributed by atoms with van der Waals surface area (Å²) in [5.74, 6) is 0.253. The second-order valence-corrected chi connectivity index (χ2v) is 9.11. The molecule has 0 aliphatic heterocycles. The molecule has 1 atom stereocenters. The van der Waals surface area contributed by atoms with E-state index in [9.17, 15) is 13.2 Å². The Morgan fingerprint density at radius 3 is 2.54 bits per heavy atom. The summed E-state index contributed by atoms with van der Waals surface area (Å²) >= 11 is 7.48. The molecule has 3 rings (SSSR count). The Labute approximate surface area is 162 Å². The second-order valence-electron chi connectivity index (χ2n) is 6.03. The molecule has 0 spiro atoms. The van der Waals surface area contributed by atoms with Gasteiger partial charge < -0.3 is 0 Å². The molecule has 1 unspecified atom stereocenters. The van der Waals surface area contributed by atoms with Gasteiger partial charge in [-0.3, -0.25) is 4.79 Å². The molecule has 2 aromatic rings. The highest BCUT2D eigenvalue weighted by Gasteiger charge is 2.21. The van der Waals surface area contributed by atoms with Gasteiger partial charge in [0.05, 0.1) is 9.77 Å². The first-order valence-electron chi connectivity index (χ1n) is 8.13. The lowest BCUT2D eigenvalue weighted by Gasteiger charge is -2.11. The van der Waals surface area contributed by atoms with Crippen molar-refractivity contribution >= 4 is 38.7 Å². The van der Waals surface area contributed by atoms with Crippen molar-refractivity contribution in [1.29, 1.82) is 0 Å². The van der Waals surface area contributed by atoms with Crippen molar-refractivity contribution in [2.24, 2.45) is 5.14 Å². The van der Waals surface area contributed by atoms with Crippen LogP contribution in [0.15, 0.2) is 58.5 Å². The number of rotatable bonds is 5. The van der Waals surface area contributed by atoms with Crippen LogP contribution in [0, 0.1) is 0 Å². The quantitative estimate of drug-likeness (QED) is 0.721. The fraction of sp³-hybridized carbons (Fsp3) is 0.211. The number of primary sulfonamides is 1. The van der Waals surface area contributed by atoms with Crippen molar-refractivity contribution in [1.82, 2.24) is 0 Å². The van der Waals surface area contributed by atoms with Gasteiger partial charge in [0.25, 0.3) is 0 Å². The lowest BCUT2D eigenvalue weighted by molar-refractivity contribution is 0.0992. The van der Waals surface area contributed by atoms with Crippen molar-refractivity contribution < 1.29 is 13.2 Å². The van der Waals surface area contributed by atoms with Gasteiger partial charge in [0, 0.05) is 27.8 Å². The summed E-state index contributed by atoms with van der Waals surface area (Å²) in [7, 11) is -3.74. The van der Waals surface area contributed by atoms with E-state index < -0.39 is 10.0 Å². The summed E-state index contributed by atoms with van der Waals surface area (Å²) in [5, 5.41) is 5.88. The highest BCUT2D eigenvalue weighted by Crippen LogP contribution is 2.39. The maximum atomic E-state index is 12.4. The number of carbonyl (C=O) groups excluding carboxylic acids is 1. The molecule has 4 nitrogen and oxygen atoms in total. The summed E-state index contributed by atoms with van der Waals surface area (Å²) in [4.78, 5) is 14.3. The number of Topliss-reactive ketones (excluding diaryl/α,β-unsaturated/α-hetero) is 1. The molecule has 1 heterocycles. The van der Waals surface area contributed by atoms with E-state index in [1.807, 2.05) is 31.2 Å². The average molecular weight is 408 g/mol. The van der Waals surface area contributed by atoms with E-state index >= 15 is 0 Å². The van der Waals surface area contributed by atoms with Gasteiger partial charge in [0.1, 0.15) is 0 Å². The van der Waals surface area contributed by atoms with Gasteiger partial charge in [0.15, 0.2) is 5.78 Å². The van der Waals surface area contributed by atoms with Crippen LogP contribution in [0.4, 0.5) is 0 Å². The van der Waals surface area contributed by atoms with Gasteiger partial charge in [0.2, 0.25) is 10.0 Å². The standard InChI is InChI=1S/C19H18ClNO3S2/c1-2-17(22)19-16(12-5-9-15(10-6-12)26(21,23)24)11-18(25-19)13-3-7-14(20)8-4-13/h3,5-11,13H,2,4H2,1H3,(H2,21,23,24). The first kappa shape index (κ1) is 19.0. The fourth-order valence-electron chi connectivity index (χ4n) is 2.80. The lowest BCUT2D eigenvalue weighted by Crippen LogP contribution is -2.11. The van der Waals surface area contributed by atoms with E-state index in [-0.39, 0.29) is 16.6 Å². The van der Waals surface area contributed by atoms with Crippen molar-refractivity contribution in [2.45, 2.75) is 30.6 Å². The molecular formula is C19H18ClNO3S2. The third-order valence-electron chi connectivity index (χ3n) is 4.24. The molecule has 1 aromatic carbocycles. The van der Waals surface area contributed by atoms with Crippen LogP contribution < -0.4 is 5.14 Å². The predicted octanol–water partition coefficient (Wildman–Crippen LogP) is 4.82. The minimum Gasteiger partial charge on any atom is -0.293 e. The molecule has 1 aromatic heterocycles. The van der Waals surface area contributed by atoms with Gasteiger partial charge in [-0.25, -0.2) is 13.6 Å². The van der Waals surface area contributed by atoms with Gasteiger partial charge in [-0.05, 0) is 36.3 Å². The van der Waals surface area contributed by atoms with Crippen LogP contribution >= 0.6 is 22.9 Å². The van der Waals surface area contributed by atoms with Gasteiger partial charge in [-0.2, -0.15) is 0 Å². The first-order chi connectivity index (χ1) is 12.3. The average Bonchev–Trinajstić information content (AvgIpc) is 3.06. The normalized spacial score (nSPS) is 17.2. The van der Waals surface area contributed by atoms with E-state index in [0.29, 0.717) is 11.3 Å². The number of hydrogen-bond donors (Lipinski definition) is 1. The topological polar surface area (TPSA) is 77.2 Å². The minimum absolute atomic E-state index is 0.0510. The number of halogens is 1. The van der Waals surface area contributed by atoms with E-state index in [4.69, 9.17) is 16.7 Å². The Balaban J connectivity index is 2.03. The third kappa shape index (κ3) is 3.99. The highest BCUT2D eigenvalue weighted by atomic mass is 35.5. The summed E-state index contributed by atoms with van der Waals surface area (Å²) in [6.07, 6.45) is 7.08. The van der Waals surface area contributed by atoms with Crippen molar-refractivity contribution in [3.8, 4) is 11.1 Å². The number of ketones is 1. The molecule has 136 valence electrons. The predicted molar refractivity (Wildman–Crippen MR) is 106 cm³/mol. The molecule has 0 saturated heterocycles. The van der Waals surface area contributed by atoms with Crippen LogP contribution in [0.1, 0.15) is 40.2 Å². The molecule has 0 radical (unpaired) electrons. The molecule has 7 heteroatoms. The smallest absolute Gasteiger partial charge is 0.238 e. The summed E-state index contributed by atoms with van der Waals surface area (Å²) < 4.78 is 22.9. The maximum absolute atomic E-state index is 12.4. The first-order valence-corrected chi connectivity index (χ1v) is 10.9. The molecule has 0 bridgehead atoms. The summed E-state index contributed by atoms with van der Waals surface area (Å²) in [5.41, 5.74) is 1.62. The molecule has 1 aliphatic rings. The number of sulfonamides is 1. The maximum Gasteiger partial charge on any atom is 0.238 e. The Morgan fingerprint density at radius 2 is 2.00 bits per heavy atom. The zero-order chi connectivity index (χ0) is 18.9. The van der Waals surface area contributed by atoms with Crippen LogP contribution in [0.5, 0.6) is 0 Å². The minimum atomic E-state index is -3.74. The van der Waals surface area contributed by atoms with Crippen LogP contribution in [0.3, 0.4) is 0 Å². The van der Waals surface area contributed by atoms with Crippen molar-refractivity contribution in [3.63, 3.8) is 0 Å². The van der Waals surface area contributed by atoms with E-state index in [1.54, 1.807) is 12.1 Å². The highest BCUT2D eigenvalue weighted by molar-refractivity contribution is 7.89. The number of nitrogens with two attached hydrogens (primary N) is 1. The molecular weight excluding hydrogens is 390 g/mol. The Bertz CT molecular complexity index is 1000. The van der Waals surface area contributed by atoms with Crippen LogP contribution in [-0.2, 0) is 10.0 Å². The van der Waals surface area contributed by atoms with Crippen molar-refractivity contribution in [2.75, 3.05) is 0 Å². The monoisotopic (exact) mass is 407 g/mol. The molecule has 26 heavy (non-hydrogen) atoms. The van der Waals surface area contributed by atoms with E-state index in [0.717, 1.165) is 27.5 Å². The number of allylic oxidation sites excluding steroid dienone is 4. The molecule has 2 N–H and O–H groups in total. The van der Waals surface area contributed by atoms with Crippen LogP contribution in [-0.4, -0.2) is 14.2 Å². The summed E-state index contributed by atoms with van der Waals surface area (Å²) in [6, 6.07) is 8.31. The lowest BCUT2D eigenvalue weighted by atomic mass is 9.96. The van der Waals surface area contributed by atoms with Gasteiger partial charge in [-0.1, -0.05) is 42.8 Å². The third-order valence-corrected chi connectivity index (χ3v) is 6.76. The van der Waals surface area contributed by atoms with Gasteiger partial charge >= 0.3 is 0 Å². The Hall–Kier alpha value is -1.73. The molecule has 0 fully saturated rings. The van der Waals surface area contributed by atoms with Crippen LogP contribution in [0.2, 0.25) is 0 Å². The van der Waals surface area contributed by atoms with E-state index in [1.165, 1.54) is 23.5 Å². The number of carbonyl (C=O) groups is 1.